The maximum Gasteiger partial charge on any atom is 0.337 e. The zero-order chi connectivity index (χ0) is 15.5. The predicted molar refractivity (Wildman–Crippen MR) is 83.9 cm³/mol. The first-order valence-corrected chi connectivity index (χ1v) is 7.66. The van der Waals surface area contributed by atoms with E-state index in [1.54, 1.807) is 18.3 Å². The van der Waals surface area contributed by atoms with Gasteiger partial charge in [0.2, 0.25) is 0 Å². The van der Waals surface area contributed by atoms with Crippen molar-refractivity contribution in [2.45, 2.75) is 31.8 Å². The molecule has 3 rings (SSSR count). The van der Waals surface area contributed by atoms with Gasteiger partial charge in [0.05, 0.1) is 30.5 Å². The second-order valence-corrected chi connectivity index (χ2v) is 5.84. The molecule has 1 aliphatic rings. The molecule has 3 N–H and O–H groups in total. The average Bonchev–Trinajstić information content (AvgIpc) is 3.01. The van der Waals surface area contributed by atoms with E-state index >= 15 is 0 Å². The molecule has 1 heterocycles. The van der Waals surface area contributed by atoms with Crippen LogP contribution in [0.1, 0.15) is 36.0 Å². The minimum absolute atomic E-state index is 0.245. The molecule has 6 nitrogen and oxygen atoms in total. The number of carbonyl (C=O) groups excluding carboxylic acids is 1. The van der Waals surface area contributed by atoms with Crippen LogP contribution >= 0.6 is 0 Å². The number of aromatic amines is 1. The van der Waals surface area contributed by atoms with Gasteiger partial charge >= 0.3 is 5.97 Å². The maximum atomic E-state index is 11.8. The third kappa shape index (κ3) is 2.92. The number of rotatable bonds is 4. The number of carbonyl (C=O) groups is 1. The number of ether oxygens (including phenoxy) is 1. The van der Waals surface area contributed by atoms with Gasteiger partial charge in [0.15, 0.2) is 0 Å². The lowest BCUT2D eigenvalue weighted by molar-refractivity contribution is 0.0600. The van der Waals surface area contributed by atoms with Crippen LogP contribution in [0.2, 0.25) is 0 Å². The highest BCUT2D eigenvalue weighted by Crippen LogP contribution is 2.28. The quantitative estimate of drug-likeness (QED) is 0.754. The molecule has 22 heavy (non-hydrogen) atoms. The van der Waals surface area contributed by atoms with Crippen molar-refractivity contribution in [3.8, 4) is 0 Å². The third-order valence-corrected chi connectivity index (χ3v) is 4.40. The lowest BCUT2D eigenvalue weighted by Crippen LogP contribution is -2.30. The van der Waals surface area contributed by atoms with Gasteiger partial charge in [-0.25, -0.2) is 4.79 Å². The lowest BCUT2D eigenvalue weighted by atomic mass is 9.86. The summed E-state index contributed by atoms with van der Waals surface area (Å²) in [6.45, 7) is 0.687. The second kappa shape index (κ2) is 6.36. The molecule has 1 fully saturated rings. The Kier molecular flexibility index (Phi) is 4.29. The van der Waals surface area contributed by atoms with E-state index in [1.807, 2.05) is 0 Å². The van der Waals surface area contributed by atoms with Crippen molar-refractivity contribution in [3.63, 3.8) is 0 Å². The van der Waals surface area contributed by atoms with Crippen LogP contribution in [-0.4, -0.2) is 41.0 Å². The molecule has 118 valence electrons. The second-order valence-electron chi connectivity index (χ2n) is 5.84. The summed E-state index contributed by atoms with van der Waals surface area (Å²) in [5.74, 6) is -0.130. The molecule has 0 radical (unpaired) electrons. The molecule has 0 saturated heterocycles. The Morgan fingerprint density at radius 3 is 3.05 bits per heavy atom. The number of methoxy groups -OCH3 is 1. The Morgan fingerprint density at radius 2 is 2.27 bits per heavy atom. The lowest BCUT2D eigenvalue weighted by Gasteiger charge is -2.28. The Bertz CT molecular complexity index is 668. The number of aliphatic hydroxyl groups is 1. The number of aliphatic hydroxyl groups excluding tert-OH is 1. The van der Waals surface area contributed by atoms with Crippen molar-refractivity contribution < 1.29 is 14.6 Å². The summed E-state index contributed by atoms with van der Waals surface area (Å²) in [6, 6.07) is 3.51. The van der Waals surface area contributed by atoms with Gasteiger partial charge in [-0.3, -0.25) is 5.10 Å². The summed E-state index contributed by atoms with van der Waals surface area (Å²) in [4.78, 5) is 11.8. The van der Waals surface area contributed by atoms with Crippen LogP contribution in [0.5, 0.6) is 0 Å². The van der Waals surface area contributed by atoms with E-state index in [0.29, 0.717) is 12.1 Å². The van der Waals surface area contributed by atoms with E-state index in [9.17, 15) is 9.90 Å². The first-order valence-electron chi connectivity index (χ1n) is 7.66. The van der Waals surface area contributed by atoms with Crippen molar-refractivity contribution in [1.29, 1.82) is 0 Å². The highest BCUT2D eigenvalue weighted by molar-refractivity contribution is 6.00. The number of hydrogen-bond acceptors (Lipinski definition) is 5. The standard InChI is InChI=1S/C16H21N3O3/c1-22-16(21)11-6-13(12-9-18-19-14(12)7-11)17-8-10-4-2-3-5-15(10)20/h6-7,9-10,15,17,20H,2-5,8H2,1H3,(H,18,19)/t10-,15+/m0/s1. The maximum absolute atomic E-state index is 11.8. The van der Waals surface area contributed by atoms with Crippen molar-refractivity contribution in [3.05, 3.63) is 23.9 Å². The number of hydrogen-bond donors (Lipinski definition) is 3. The fraction of sp³-hybridized carbons (Fsp3) is 0.500. The molecule has 6 heteroatoms. The van der Waals surface area contributed by atoms with Crippen LogP contribution in [0, 0.1) is 5.92 Å². The van der Waals surface area contributed by atoms with Gasteiger partial charge < -0.3 is 15.2 Å². The molecule has 2 atom stereocenters. The summed E-state index contributed by atoms with van der Waals surface area (Å²) in [5, 5.41) is 21.3. The molecule has 1 aromatic heterocycles. The van der Waals surface area contributed by atoms with Crippen molar-refractivity contribution in [2.24, 2.45) is 5.92 Å². The van der Waals surface area contributed by atoms with Gasteiger partial charge in [-0.05, 0) is 25.0 Å². The summed E-state index contributed by atoms with van der Waals surface area (Å²) >= 11 is 0. The number of fused-ring (bicyclic) bond motifs is 1. The highest BCUT2D eigenvalue weighted by atomic mass is 16.5. The fourth-order valence-corrected chi connectivity index (χ4v) is 3.10. The Hall–Kier alpha value is -2.08. The number of esters is 1. The minimum Gasteiger partial charge on any atom is -0.465 e. The van der Waals surface area contributed by atoms with E-state index in [4.69, 9.17) is 4.74 Å². The van der Waals surface area contributed by atoms with E-state index in [2.05, 4.69) is 15.5 Å². The van der Waals surface area contributed by atoms with E-state index in [1.165, 1.54) is 7.11 Å². The van der Waals surface area contributed by atoms with Gasteiger partial charge in [-0.1, -0.05) is 12.8 Å². The number of nitrogens with zero attached hydrogens (tertiary/aromatic N) is 1. The number of benzene rings is 1. The topological polar surface area (TPSA) is 87.2 Å². The smallest absolute Gasteiger partial charge is 0.337 e. The fourth-order valence-electron chi connectivity index (χ4n) is 3.10. The molecule has 0 amide bonds. The number of nitrogens with one attached hydrogen (secondary N) is 2. The Morgan fingerprint density at radius 1 is 1.45 bits per heavy atom. The molecule has 1 saturated carbocycles. The van der Waals surface area contributed by atoms with Gasteiger partial charge in [0.1, 0.15) is 0 Å². The van der Waals surface area contributed by atoms with Gasteiger partial charge in [0.25, 0.3) is 0 Å². The molecule has 0 spiro atoms. The van der Waals surface area contributed by atoms with E-state index < -0.39 is 0 Å². The van der Waals surface area contributed by atoms with Crippen LogP contribution in [0.4, 0.5) is 5.69 Å². The number of aromatic nitrogens is 2. The van der Waals surface area contributed by atoms with Crippen molar-refractivity contribution >= 4 is 22.6 Å². The first kappa shape index (κ1) is 14.8. The summed E-state index contributed by atoms with van der Waals surface area (Å²) in [5.41, 5.74) is 2.10. The first-order chi connectivity index (χ1) is 10.7. The van der Waals surface area contributed by atoms with Crippen LogP contribution in [-0.2, 0) is 4.74 Å². The molecule has 0 bridgehead atoms. The highest BCUT2D eigenvalue weighted by Gasteiger charge is 2.23. The monoisotopic (exact) mass is 303 g/mol. The summed E-state index contributed by atoms with van der Waals surface area (Å²) in [6.07, 6.45) is 5.64. The molecular formula is C16H21N3O3. The van der Waals surface area contributed by atoms with E-state index in [0.717, 1.165) is 42.3 Å². The zero-order valence-electron chi connectivity index (χ0n) is 12.6. The minimum atomic E-state index is -0.378. The van der Waals surface area contributed by atoms with Gasteiger partial charge in [0, 0.05) is 23.5 Å². The SMILES string of the molecule is COC(=O)c1cc(NC[C@@H]2CCCC[C@H]2O)c2cn[nH]c2c1. The van der Waals surface area contributed by atoms with Crippen LogP contribution in [0.15, 0.2) is 18.3 Å². The third-order valence-electron chi connectivity index (χ3n) is 4.40. The average molecular weight is 303 g/mol. The largest absolute Gasteiger partial charge is 0.465 e. The summed E-state index contributed by atoms with van der Waals surface area (Å²) in [7, 11) is 1.37. The van der Waals surface area contributed by atoms with E-state index in [-0.39, 0.29) is 18.0 Å². The number of H-pyrrole nitrogens is 1. The molecule has 0 unspecified atom stereocenters. The normalized spacial score (nSPS) is 21.7. The van der Waals surface area contributed by atoms with Crippen LogP contribution < -0.4 is 5.32 Å². The molecule has 0 aliphatic heterocycles. The number of anilines is 1. The van der Waals surface area contributed by atoms with Crippen LogP contribution in [0.25, 0.3) is 10.9 Å². The molecule has 1 aliphatic carbocycles. The molecule has 1 aromatic carbocycles. The molecule has 2 aromatic rings. The Labute approximate surface area is 128 Å². The van der Waals surface area contributed by atoms with Crippen molar-refractivity contribution in [1.82, 2.24) is 10.2 Å². The molecular weight excluding hydrogens is 282 g/mol. The van der Waals surface area contributed by atoms with Gasteiger partial charge in [-0.2, -0.15) is 5.10 Å². The van der Waals surface area contributed by atoms with Crippen molar-refractivity contribution in [2.75, 3.05) is 19.0 Å². The van der Waals surface area contributed by atoms with Gasteiger partial charge in [-0.15, -0.1) is 0 Å². The van der Waals surface area contributed by atoms with Crippen LogP contribution in [0.3, 0.4) is 0 Å². The predicted octanol–water partition coefficient (Wildman–Crippen LogP) is 2.31. The Balaban J connectivity index is 1.82. The zero-order valence-corrected chi connectivity index (χ0v) is 12.6. The summed E-state index contributed by atoms with van der Waals surface area (Å²) < 4.78 is 4.79.